The van der Waals surface area contributed by atoms with E-state index in [0.29, 0.717) is 11.8 Å². The maximum absolute atomic E-state index is 13.5. The number of hydrogen-bond acceptors (Lipinski definition) is 4. The average Bonchev–Trinajstić information content (AvgIpc) is 2.63. The van der Waals surface area contributed by atoms with Gasteiger partial charge in [0.15, 0.2) is 0 Å². The topological polar surface area (TPSA) is 86.7 Å². The van der Waals surface area contributed by atoms with Crippen LogP contribution in [0.4, 0.5) is 0 Å². The molecule has 4 fully saturated rings. The molecule has 7 heteroatoms. The number of nitrogens with zero attached hydrogens (tertiary/aromatic N) is 1. The number of nitrogens with one attached hydrogen (secondary N) is 1. The van der Waals surface area contributed by atoms with E-state index in [9.17, 15) is 13.2 Å². The van der Waals surface area contributed by atoms with Crippen LogP contribution in [-0.4, -0.2) is 36.4 Å². The molecule has 148 valence electrons. The molecule has 1 amide bonds. The molecule has 0 radical (unpaired) electrons. The molecular weight excluding hydrogens is 364 g/mol. The third-order valence-corrected chi connectivity index (χ3v) is 8.73. The van der Waals surface area contributed by atoms with Crippen molar-refractivity contribution in [2.24, 2.45) is 23.7 Å². The molecule has 0 aromatic heterocycles. The highest BCUT2D eigenvalue weighted by molar-refractivity contribution is 7.89. The van der Waals surface area contributed by atoms with Crippen molar-refractivity contribution in [3.63, 3.8) is 0 Å². The van der Waals surface area contributed by atoms with Crippen molar-refractivity contribution < 1.29 is 18.4 Å². The maximum atomic E-state index is 13.5. The van der Waals surface area contributed by atoms with Gasteiger partial charge >= 0.3 is 0 Å². The van der Waals surface area contributed by atoms with Gasteiger partial charge in [0.05, 0.1) is 4.90 Å². The summed E-state index contributed by atoms with van der Waals surface area (Å²) in [6.07, 6.45) is 5.67. The number of hydroxylamine groups is 1. The molecule has 0 atom stereocenters. The lowest BCUT2D eigenvalue weighted by Crippen LogP contribution is -2.57. The molecule has 27 heavy (non-hydrogen) atoms. The standard InChI is InChI=1S/C20H28N2O4S/c1-13-2-4-18(5-3-13)27(25,26)22(7-6-19(23)21-24)20-16-9-14-8-15(11-16)12-17(20)10-14/h2-5,14-17,20,24H,6-12H2,1H3,(H,21,23). The number of hydrogen-bond donors (Lipinski definition) is 2. The largest absolute Gasteiger partial charge is 0.289 e. The molecule has 5 rings (SSSR count). The number of amides is 1. The maximum Gasteiger partial charge on any atom is 0.244 e. The summed E-state index contributed by atoms with van der Waals surface area (Å²) in [6, 6.07) is 6.89. The van der Waals surface area contributed by atoms with Gasteiger partial charge < -0.3 is 0 Å². The van der Waals surface area contributed by atoms with Crippen LogP contribution in [-0.2, 0) is 14.8 Å². The lowest BCUT2D eigenvalue weighted by atomic mass is 9.54. The van der Waals surface area contributed by atoms with E-state index in [1.807, 2.05) is 19.1 Å². The van der Waals surface area contributed by atoms with Crippen LogP contribution in [0.3, 0.4) is 0 Å². The van der Waals surface area contributed by atoms with E-state index >= 15 is 0 Å². The van der Waals surface area contributed by atoms with Crippen LogP contribution in [0.5, 0.6) is 0 Å². The number of aryl methyl sites for hydroxylation is 1. The normalized spacial score (nSPS) is 32.0. The number of benzene rings is 1. The third kappa shape index (κ3) is 3.52. The summed E-state index contributed by atoms with van der Waals surface area (Å²) in [6.45, 7) is 2.03. The molecule has 0 heterocycles. The Morgan fingerprint density at radius 1 is 1.07 bits per heavy atom. The van der Waals surface area contributed by atoms with Gasteiger partial charge in [-0.05, 0) is 74.8 Å². The Labute approximate surface area is 161 Å². The van der Waals surface area contributed by atoms with Crippen LogP contribution >= 0.6 is 0 Å². The first kappa shape index (κ1) is 18.9. The van der Waals surface area contributed by atoms with Crippen molar-refractivity contribution in [1.29, 1.82) is 0 Å². The average molecular weight is 393 g/mol. The Kier molecular flexibility index (Phi) is 5.03. The van der Waals surface area contributed by atoms with Crippen LogP contribution in [0.1, 0.15) is 44.1 Å². The van der Waals surface area contributed by atoms with Gasteiger partial charge in [0.2, 0.25) is 15.9 Å². The summed E-state index contributed by atoms with van der Waals surface area (Å²) in [5, 5.41) is 8.84. The minimum atomic E-state index is -3.69. The van der Waals surface area contributed by atoms with E-state index in [-0.39, 0.29) is 23.9 Å². The molecule has 1 aromatic carbocycles. The Balaban J connectivity index is 1.66. The Bertz CT molecular complexity index is 778. The molecule has 0 aliphatic heterocycles. The number of carbonyl (C=O) groups is 1. The molecule has 1 aromatic rings. The van der Waals surface area contributed by atoms with E-state index < -0.39 is 15.9 Å². The van der Waals surface area contributed by atoms with Gasteiger partial charge in [0.1, 0.15) is 0 Å². The van der Waals surface area contributed by atoms with E-state index in [1.54, 1.807) is 21.9 Å². The second-order valence-corrected chi connectivity index (χ2v) is 10.5. The predicted octanol–water partition coefficient (Wildman–Crippen LogP) is 2.71. The lowest BCUT2D eigenvalue weighted by Gasteiger charge is -2.56. The van der Waals surface area contributed by atoms with Gasteiger partial charge in [-0.2, -0.15) is 4.31 Å². The molecular formula is C20H28N2O4S. The second kappa shape index (κ2) is 7.18. The minimum Gasteiger partial charge on any atom is -0.289 e. The van der Waals surface area contributed by atoms with Gasteiger partial charge in [-0.1, -0.05) is 17.7 Å². The van der Waals surface area contributed by atoms with E-state index in [1.165, 1.54) is 6.42 Å². The first-order valence-electron chi connectivity index (χ1n) is 9.90. The van der Waals surface area contributed by atoms with Crippen LogP contribution in [0.25, 0.3) is 0 Å². The number of rotatable bonds is 6. The summed E-state index contributed by atoms with van der Waals surface area (Å²) >= 11 is 0. The van der Waals surface area contributed by atoms with Crippen molar-refractivity contribution in [3.8, 4) is 0 Å². The molecule has 0 spiro atoms. The first-order valence-corrected chi connectivity index (χ1v) is 11.3. The van der Waals surface area contributed by atoms with Crippen LogP contribution in [0.2, 0.25) is 0 Å². The SMILES string of the molecule is Cc1ccc(S(=O)(=O)N(CCC(=O)NO)C2C3CC4CC(C3)CC2C4)cc1. The molecule has 4 saturated carbocycles. The zero-order chi connectivity index (χ0) is 19.2. The molecule has 0 unspecified atom stereocenters. The smallest absolute Gasteiger partial charge is 0.244 e. The van der Waals surface area contributed by atoms with Crippen LogP contribution < -0.4 is 5.48 Å². The molecule has 2 N–H and O–H groups in total. The Morgan fingerprint density at radius 2 is 1.63 bits per heavy atom. The monoisotopic (exact) mass is 392 g/mol. The molecule has 4 aliphatic carbocycles. The van der Waals surface area contributed by atoms with Gasteiger partial charge in [0, 0.05) is 19.0 Å². The van der Waals surface area contributed by atoms with Gasteiger partial charge in [0.25, 0.3) is 0 Å². The zero-order valence-corrected chi connectivity index (χ0v) is 16.5. The van der Waals surface area contributed by atoms with Gasteiger partial charge in [-0.15, -0.1) is 0 Å². The summed E-state index contributed by atoms with van der Waals surface area (Å²) in [5.41, 5.74) is 2.64. The molecule has 6 nitrogen and oxygen atoms in total. The fourth-order valence-corrected chi connectivity index (χ4v) is 7.66. The lowest BCUT2D eigenvalue weighted by molar-refractivity contribution is -0.129. The molecule has 4 aliphatic rings. The first-order chi connectivity index (χ1) is 12.9. The fourth-order valence-electron chi connectivity index (χ4n) is 5.91. The van der Waals surface area contributed by atoms with Gasteiger partial charge in [-0.25, -0.2) is 13.9 Å². The van der Waals surface area contributed by atoms with E-state index in [4.69, 9.17) is 5.21 Å². The number of carbonyl (C=O) groups excluding carboxylic acids is 1. The minimum absolute atomic E-state index is 0.0319. The summed E-state index contributed by atoms with van der Waals surface area (Å²) in [5.74, 6) is 1.71. The Morgan fingerprint density at radius 3 is 2.15 bits per heavy atom. The van der Waals surface area contributed by atoms with E-state index in [0.717, 1.165) is 43.1 Å². The van der Waals surface area contributed by atoms with Crippen molar-refractivity contribution in [2.45, 2.75) is 56.4 Å². The highest BCUT2D eigenvalue weighted by Crippen LogP contribution is 2.55. The van der Waals surface area contributed by atoms with Crippen molar-refractivity contribution in [3.05, 3.63) is 29.8 Å². The number of sulfonamides is 1. The zero-order valence-electron chi connectivity index (χ0n) is 15.7. The molecule has 0 saturated heterocycles. The summed E-state index contributed by atoms with van der Waals surface area (Å²) in [7, 11) is -3.69. The molecule has 4 bridgehead atoms. The quantitative estimate of drug-likeness (QED) is 0.576. The summed E-state index contributed by atoms with van der Waals surface area (Å²) in [4.78, 5) is 11.9. The predicted molar refractivity (Wildman–Crippen MR) is 100 cm³/mol. The summed E-state index contributed by atoms with van der Waals surface area (Å²) < 4.78 is 28.6. The third-order valence-electron chi connectivity index (χ3n) is 6.82. The van der Waals surface area contributed by atoms with Crippen LogP contribution in [0, 0.1) is 30.6 Å². The van der Waals surface area contributed by atoms with Gasteiger partial charge in [-0.3, -0.25) is 10.0 Å². The fraction of sp³-hybridized carbons (Fsp3) is 0.650. The Hall–Kier alpha value is -1.44. The highest BCUT2D eigenvalue weighted by atomic mass is 32.2. The van der Waals surface area contributed by atoms with Crippen LogP contribution in [0.15, 0.2) is 29.2 Å². The van der Waals surface area contributed by atoms with E-state index in [2.05, 4.69) is 0 Å². The van der Waals surface area contributed by atoms with Crippen molar-refractivity contribution >= 4 is 15.9 Å². The second-order valence-electron chi connectivity index (χ2n) is 8.64. The highest BCUT2D eigenvalue weighted by Gasteiger charge is 2.52. The van der Waals surface area contributed by atoms with Crippen molar-refractivity contribution in [1.82, 2.24) is 9.79 Å². The van der Waals surface area contributed by atoms with Crippen molar-refractivity contribution in [2.75, 3.05) is 6.54 Å².